The van der Waals surface area contributed by atoms with Gasteiger partial charge in [0.25, 0.3) is 0 Å². The number of hydrogen-bond acceptors (Lipinski definition) is 4. The first-order chi connectivity index (χ1) is 10.1. The van der Waals surface area contributed by atoms with E-state index in [4.69, 9.17) is 40.5 Å². The van der Waals surface area contributed by atoms with Gasteiger partial charge in [0.05, 0.1) is 20.8 Å². The first-order valence-corrected chi connectivity index (χ1v) is 6.99. The largest absolute Gasteiger partial charge is 0.398 e. The fraction of sp³-hybridized carbons (Fsp3) is 0. The number of aromatic nitrogens is 4. The van der Waals surface area contributed by atoms with Crippen LogP contribution < -0.4 is 5.73 Å². The van der Waals surface area contributed by atoms with Crippen LogP contribution in [0.15, 0.2) is 36.4 Å². The zero-order chi connectivity index (χ0) is 15.0. The van der Waals surface area contributed by atoms with Crippen molar-refractivity contribution in [3.05, 3.63) is 51.5 Å². The van der Waals surface area contributed by atoms with Crippen molar-refractivity contribution in [2.75, 3.05) is 5.73 Å². The second kappa shape index (κ2) is 5.52. The van der Waals surface area contributed by atoms with E-state index in [2.05, 4.69) is 15.5 Å². The summed E-state index contributed by atoms with van der Waals surface area (Å²) >= 11 is 18.2. The molecule has 1 aromatic heterocycles. The third-order valence-electron chi connectivity index (χ3n) is 2.89. The molecule has 0 saturated carbocycles. The van der Waals surface area contributed by atoms with Crippen molar-refractivity contribution in [2.24, 2.45) is 0 Å². The van der Waals surface area contributed by atoms with Gasteiger partial charge in [-0.25, -0.2) is 0 Å². The number of anilines is 1. The summed E-state index contributed by atoms with van der Waals surface area (Å²) in [5.41, 5.74) is 7.74. The van der Waals surface area contributed by atoms with Gasteiger partial charge in [0.2, 0.25) is 0 Å². The van der Waals surface area contributed by atoms with Crippen LogP contribution in [0, 0.1) is 0 Å². The monoisotopic (exact) mass is 339 g/mol. The maximum Gasteiger partial charge on any atom is 0.189 e. The Morgan fingerprint density at radius 3 is 2.43 bits per heavy atom. The number of benzene rings is 2. The highest BCUT2D eigenvalue weighted by Crippen LogP contribution is 2.33. The molecule has 21 heavy (non-hydrogen) atoms. The topological polar surface area (TPSA) is 69.6 Å². The minimum Gasteiger partial charge on any atom is -0.398 e. The third kappa shape index (κ3) is 2.55. The molecule has 0 unspecified atom stereocenters. The van der Waals surface area contributed by atoms with Crippen molar-refractivity contribution < 1.29 is 0 Å². The van der Waals surface area contributed by atoms with E-state index in [1.165, 1.54) is 4.68 Å². The Bertz CT molecular complexity index is 815. The maximum absolute atomic E-state index is 6.20. The molecule has 0 aliphatic rings. The third-order valence-corrected chi connectivity index (χ3v) is 3.91. The van der Waals surface area contributed by atoms with Crippen LogP contribution in [0.4, 0.5) is 5.69 Å². The first kappa shape index (κ1) is 14.1. The van der Waals surface area contributed by atoms with Crippen LogP contribution in [0.5, 0.6) is 0 Å². The summed E-state index contributed by atoms with van der Waals surface area (Å²) in [6.07, 6.45) is 0. The number of nitrogens with two attached hydrogens (primary N) is 1. The van der Waals surface area contributed by atoms with Crippen molar-refractivity contribution in [2.45, 2.75) is 0 Å². The van der Waals surface area contributed by atoms with Gasteiger partial charge in [-0.05, 0) is 34.7 Å². The van der Waals surface area contributed by atoms with Crippen LogP contribution in [0.25, 0.3) is 17.1 Å². The van der Waals surface area contributed by atoms with E-state index in [9.17, 15) is 0 Å². The summed E-state index contributed by atoms with van der Waals surface area (Å²) in [5.74, 6) is 0.466. The Labute approximate surface area is 135 Å². The fourth-order valence-electron chi connectivity index (χ4n) is 1.89. The molecule has 0 fully saturated rings. The number of nitrogens with zero attached hydrogens (tertiary/aromatic N) is 4. The van der Waals surface area contributed by atoms with Crippen LogP contribution in [-0.2, 0) is 0 Å². The van der Waals surface area contributed by atoms with Crippen molar-refractivity contribution in [3.63, 3.8) is 0 Å². The smallest absolute Gasteiger partial charge is 0.189 e. The maximum atomic E-state index is 6.20. The number of nitrogen functional groups attached to an aromatic ring is 1. The minimum atomic E-state index is 0.360. The fourth-order valence-corrected chi connectivity index (χ4v) is 2.51. The molecule has 0 saturated heterocycles. The summed E-state index contributed by atoms with van der Waals surface area (Å²) in [6.45, 7) is 0. The molecule has 0 radical (unpaired) electrons. The Morgan fingerprint density at radius 1 is 0.952 bits per heavy atom. The zero-order valence-electron chi connectivity index (χ0n) is 10.5. The molecule has 5 nitrogen and oxygen atoms in total. The Balaban J connectivity index is 2.21. The zero-order valence-corrected chi connectivity index (χ0v) is 12.7. The lowest BCUT2D eigenvalue weighted by Gasteiger charge is -2.09. The van der Waals surface area contributed by atoms with Gasteiger partial charge in [-0.2, -0.15) is 4.68 Å². The second-order valence-electron chi connectivity index (χ2n) is 4.22. The van der Waals surface area contributed by atoms with E-state index in [-0.39, 0.29) is 0 Å². The highest BCUT2D eigenvalue weighted by atomic mass is 35.5. The standard InChI is InChI=1S/C13H8Cl3N5/c14-8-5-10(16)12(6-9(8)15)21-13(18-19-20-21)7-3-1-2-4-11(7)17/h1-6H,17H2. The molecule has 0 aliphatic carbocycles. The number of rotatable bonds is 2. The van der Waals surface area contributed by atoms with E-state index in [1.807, 2.05) is 18.2 Å². The summed E-state index contributed by atoms with van der Waals surface area (Å²) in [7, 11) is 0. The number of hydrogen-bond donors (Lipinski definition) is 1. The average molecular weight is 341 g/mol. The van der Waals surface area contributed by atoms with E-state index in [0.717, 1.165) is 0 Å². The molecule has 3 aromatic rings. The highest BCUT2D eigenvalue weighted by Gasteiger charge is 2.16. The molecule has 3 rings (SSSR count). The SMILES string of the molecule is Nc1ccccc1-c1nnnn1-c1cc(Cl)c(Cl)cc1Cl. The predicted molar refractivity (Wildman–Crippen MR) is 84.0 cm³/mol. The van der Waals surface area contributed by atoms with Crippen LogP contribution in [0.2, 0.25) is 15.1 Å². The summed E-state index contributed by atoms with van der Waals surface area (Å²) in [6, 6.07) is 10.4. The van der Waals surface area contributed by atoms with Crippen LogP contribution >= 0.6 is 34.8 Å². The summed E-state index contributed by atoms with van der Waals surface area (Å²) in [4.78, 5) is 0. The molecule has 8 heteroatoms. The first-order valence-electron chi connectivity index (χ1n) is 5.86. The Hall–Kier alpha value is -1.82. The van der Waals surface area contributed by atoms with E-state index in [1.54, 1.807) is 18.2 Å². The van der Waals surface area contributed by atoms with Crippen molar-refractivity contribution in [3.8, 4) is 17.1 Å². The molecule has 0 amide bonds. The molecular formula is C13H8Cl3N5. The minimum absolute atomic E-state index is 0.360. The van der Waals surface area contributed by atoms with Crippen molar-refractivity contribution in [1.82, 2.24) is 20.2 Å². The molecule has 2 aromatic carbocycles. The molecule has 0 aliphatic heterocycles. The lowest BCUT2D eigenvalue weighted by Crippen LogP contribution is -2.02. The van der Waals surface area contributed by atoms with Crippen molar-refractivity contribution >= 4 is 40.5 Å². The summed E-state index contributed by atoms with van der Waals surface area (Å²) in [5, 5.41) is 12.7. The van der Waals surface area contributed by atoms with Gasteiger partial charge in [-0.3, -0.25) is 0 Å². The van der Waals surface area contributed by atoms with Gasteiger partial charge in [0.1, 0.15) is 0 Å². The molecule has 0 spiro atoms. The van der Waals surface area contributed by atoms with Gasteiger partial charge in [-0.15, -0.1) is 5.10 Å². The molecule has 106 valence electrons. The second-order valence-corrected chi connectivity index (χ2v) is 5.44. The van der Waals surface area contributed by atoms with Gasteiger partial charge in [-0.1, -0.05) is 46.9 Å². The normalized spacial score (nSPS) is 10.8. The Morgan fingerprint density at radius 2 is 1.67 bits per heavy atom. The van der Waals surface area contributed by atoms with Crippen LogP contribution in [0.3, 0.4) is 0 Å². The Kier molecular flexibility index (Phi) is 3.71. The van der Waals surface area contributed by atoms with Crippen LogP contribution in [0.1, 0.15) is 0 Å². The molecule has 1 heterocycles. The molecular weight excluding hydrogens is 333 g/mol. The van der Waals surface area contributed by atoms with Crippen LogP contribution in [-0.4, -0.2) is 20.2 Å². The molecule has 2 N–H and O–H groups in total. The average Bonchev–Trinajstić information content (AvgIpc) is 2.92. The lowest BCUT2D eigenvalue weighted by atomic mass is 10.1. The van der Waals surface area contributed by atoms with Gasteiger partial charge in [0, 0.05) is 11.3 Å². The number of para-hydroxylation sites is 1. The number of halogens is 3. The predicted octanol–water partition coefficient (Wildman–Crippen LogP) is 3.87. The van der Waals surface area contributed by atoms with Gasteiger partial charge >= 0.3 is 0 Å². The lowest BCUT2D eigenvalue weighted by molar-refractivity contribution is 0.791. The molecule has 0 bridgehead atoms. The number of tetrazole rings is 1. The van der Waals surface area contributed by atoms with E-state index in [0.29, 0.717) is 37.8 Å². The van der Waals surface area contributed by atoms with E-state index >= 15 is 0 Å². The van der Waals surface area contributed by atoms with Gasteiger partial charge < -0.3 is 5.73 Å². The quantitative estimate of drug-likeness (QED) is 0.568. The van der Waals surface area contributed by atoms with E-state index < -0.39 is 0 Å². The summed E-state index contributed by atoms with van der Waals surface area (Å²) < 4.78 is 1.47. The van der Waals surface area contributed by atoms with Crippen molar-refractivity contribution in [1.29, 1.82) is 0 Å². The molecule has 0 atom stereocenters. The highest BCUT2D eigenvalue weighted by molar-refractivity contribution is 6.43. The van der Waals surface area contributed by atoms with Gasteiger partial charge in [0.15, 0.2) is 5.82 Å².